The molecule has 2 aromatic rings. The molecule has 1 saturated carbocycles. The minimum atomic E-state index is 0.639. The summed E-state index contributed by atoms with van der Waals surface area (Å²) in [7, 11) is 0. The Bertz CT molecular complexity index is 592. The molecule has 1 nitrogen and oxygen atoms in total. The topological polar surface area (TPSA) is 12.0 Å². The van der Waals surface area contributed by atoms with Gasteiger partial charge in [-0.2, -0.15) is 0 Å². The van der Waals surface area contributed by atoms with Crippen LogP contribution >= 0.6 is 22.9 Å². The van der Waals surface area contributed by atoms with Crippen LogP contribution in [0.5, 0.6) is 0 Å². The van der Waals surface area contributed by atoms with E-state index in [1.165, 1.54) is 34.2 Å². The number of thiophene rings is 1. The number of hydrogen-bond donors (Lipinski definition) is 1. The number of fused-ring (bicyclic) bond motifs is 1. The van der Waals surface area contributed by atoms with Gasteiger partial charge in [-0.1, -0.05) is 56.5 Å². The van der Waals surface area contributed by atoms with Crippen LogP contribution in [0.2, 0.25) is 5.02 Å². The predicted molar refractivity (Wildman–Crippen MR) is 89.6 cm³/mol. The first-order chi connectivity index (χ1) is 9.66. The lowest BCUT2D eigenvalue weighted by Crippen LogP contribution is -2.40. The molecular formula is C17H22ClNS. The summed E-state index contributed by atoms with van der Waals surface area (Å²) in [5.41, 5.74) is 0. The van der Waals surface area contributed by atoms with Crippen LogP contribution in [0.3, 0.4) is 0 Å². The fourth-order valence-corrected chi connectivity index (χ4v) is 4.72. The number of benzene rings is 1. The number of hydrogen-bond acceptors (Lipinski definition) is 2. The molecule has 1 N–H and O–H groups in total. The third-order valence-corrected chi connectivity index (χ3v) is 6.55. The summed E-state index contributed by atoms with van der Waals surface area (Å²) in [5.74, 6) is 1.59. The first-order valence-electron chi connectivity index (χ1n) is 7.56. The molecule has 3 heteroatoms. The van der Waals surface area contributed by atoms with Gasteiger partial charge in [0.2, 0.25) is 0 Å². The molecule has 1 heterocycles. The predicted octanol–water partition coefficient (Wildman–Crippen LogP) is 5.47. The van der Waals surface area contributed by atoms with Gasteiger partial charge in [0, 0.05) is 27.5 Å². The second-order valence-corrected chi connectivity index (χ2v) is 7.60. The lowest BCUT2D eigenvalue weighted by Gasteiger charge is -2.34. The minimum absolute atomic E-state index is 0.639. The smallest absolute Gasteiger partial charge is 0.0636 e. The van der Waals surface area contributed by atoms with Crippen molar-refractivity contribution in [3.63, 3.8) is 0 Å². The van der Waals surface area contributed by atoms with Crippen molar-refractivity contribution in [1.82, 2.24) is 5.32 Å². The van der Waals surface area contributed by atoms with E-state index in [2.05, 4.69) is 43.4 Å². The summed E-state index contributed by atoms with van der Waals surface area (Å²) < 4.78 is 1.29. The molecule has 3 unspecified atom stereocenters. The molecule has 1 aliphatic rings. The first kappa shape index (κ1) is 14.4. The van der Waals surface area contributed by atoms with Crippen LogP contribution in [-0.2, 0) is 6.54 Å². The largest absolute Gasteiger partial charge is 0.309 e. The van der Waals surface area contributed by atoms with Crippen molar-refractivity contribution in [3.05, 3.63) is 34.2 Å². The lowest BCUT2D eigenvalue weighted by molar-refractivity contribution is 0.206. The average molecular weight is 308 g/mol. The zero-order valence-electron chi connectivity index (χ0n) is 12.2. The summed E-state index contributed by atoms with van der Waals surface area (Å²) in [4.78, 5) is 1.28. The van der Waals surface area contributed by atoms with Gasteiger partial charge in [0.15, 0.2) is 0 Å². The SMILES string of the molecule is CC1CCCC(NCc2sc3ccccc3c2Cl)C1C. The van der Waals surface area contributed by atoms with Crippen molar-refractivity contribution in [2.45, 2.75) is 45.7 Å². The van der Waals surface area contributed by atoms with Crippen LogP contribution in [0, 0.1) is 11.8 Å². The molecule has 1 aromatic carbocycles. The van der Waals surface area contributed by atoms with Gasteiger partial charge >= 0.3 is 0 Å². The molecule has 3 rings (SSSR count). The van der Waals surface area contributed by atoms with Crippen molar-refractivity contribution in [2.24, 2.45) is 11.8 Å². The Morgan fingerprint density at radius 3 is 2.85 bits per heavy atom. The zero-order chi connectivity index (χ0) is 14.1. The van der Waals surface area contributed by atoms with E-state index in [1.54, 1.807) is 0 Å². The summed E-state index contributed by atoms with van der Waals surface area (Å²) in [6.07, 6.45) is 4.03. The van der Waals surface area contributed by atoms with Gasteiger partial charge in [-0.3, -0.25) is 0 Å². The van der Waals surface area contributed by atoms with E-state index in [0.29, 0.717) is 6.04 Å². The highest BCUT2D eigenvalue weighted by molar-refractivity contribution is 7.19. The van der Waals surface area contributed by atoms with Crippen molar-refractivity contribution in [2.75, 3.05) is 0 Å². The molecule has 108 valence electrons. The maximum absolute atomic E-state index is 6.51. The molecule has 1 aromatic heterocycles. The van der Waals surface area contributed by atoms with Crippen molar-refractivity contribution in [1.29, 1.82) is 0 Å². The van der Waals surface area contributed by atoms with Crippen LogP contribution in [-0.4, -0.2) is 6.04 Å². The Balaban J connectivity index is 1.72. The number of rotatable bonds is 3. The molecule has 0 radical (unpaired) electrons. The Morgan fingerprint density at radius 1 is 1.25 bits per heavy atom. The lowest BCUT2D eigenvalue weighted by atomic mass is 9.78. The molecule has 0 amide bonds. The third kappa shape index (κ3) is 2.74. The quantitative estimate of drug-likeness (QED) is 0.793. The van der Waals surface area contributed by atoms with Crippen LogP contribution in [0.4, 0.5) is 0 Å². The highest BCUT2D eigenvalue weighted by Gasteiger charge is 2.26. The highest BCUT2D eigenvalue weighted by atomic mass is 35.5. The Labute approximate surface area is 130 Å². The molecule has 1 fully saturated rings. The van der Waals surface area contributed by atoms with Gasteiger partial charge in [0.05, 0.1) is 5.02 Å². The minimum Gasteiger partial charge on any atom is -0.309 e. The van der Waals surface area contributed by atoms with Crippen LogP contribution in [0.15, 0.2) is 24.3 Å². The van der Waals surface area contributed by atoms with Crippen LogP contribution in [0.25, 0.3) is 10.1 Å². The van der Waals surface area contributed by atoms with Gasteiger partial charge in [0.1, 0.15) is 0 Å². The van der Waals surface area contributed by atoms with Crippen LogP contribution in [0.1, 0.15) is 38.0 Å². The molecule has 0 spiro atoms. The Morgan fingerprint density at radius 2 is 2.05 bits per heavy atom. The second-order valence-electron chi connectivity index (χ2n) is 6.09. The molecule has 1 aliphatic carbocycles. The van der Waals surface area contributed by atoms with E-state index in [0.717, 1.165) is 23.4 Å². The zero-order valence-corrected chi connectivity index (χ0v) is 13.7. The second kappa shape index (κ2) is 6.05. The molecule has 20 heavy (non-hydrogen) atoms. The fourth-order valence-electron chi connectivity index (χ4n) is 3.27. The third-order valence-electron chi connectivity index (χ3n) is 4.83. The van der Waals surface area contributed by atoms with Crippen molar-refractivity contribution >= 4 is 33.0 Å². The number of halogens is 1. The summed E-state index contributed by atoms with van der Waals surface area (Å²) in [6, 6.07) is 9.05. The normalized spacial score (nSPS) is 27.1. The van der Waals surface area contributed by atoms with Crippen molar-refractivity contribution < 1.29 is 0 Å². The molecular weight excluding hydrogens is 286 g/mol. The Kier molecular flexibility index (Phi) is 4.34. The monoisotopic (exact) mass is 307 g/mol. The van der Waals surface area contributed by atoms with Gasteiger partial charge < -0.3 is 5.32 Å². The first-order valence-corrected chi connectivity index (χ1v) is 8.75. The maximum atomic E-state index is 6.51. The summed E-state index contributed by atoms with van der Waals surface area (Å²) in [6.45, 7) is 5.67. The molecule has 0 aliphatic heterocycles. The van der Waals surface area contributed by atoms with Gasteiger partial charge in [-0.15, -0.1) is 11.3 Å². The fraction of sp³-hybridized carbons (Fsp3) is 0.529. The molecule has 0 bridgehead atoms. The van der Waals surface area contributed by atoms with Gasteiger partial charge in [0.25, 0.3) is 0 Å². The summed E-state index contributed by atoms with van der Waals surface area (Å²) in [5, 5.41) is 5.88. The maximum Gasteiger partial charge on any atom is 0.0636 e. The van der Waals surface area contributed by atoms with Crippen molar-refractivity contribution in [3.8, 4) is 0 Å². The standard InChI is InChI=1S/C17H22ClNS/c1-11-6-5-8-14(12(11)2)19-10-16-17(18)13-7-3-4-9-15(13)20-16/h3-4,7,9,11-12,14,19H,5-6,8,10H2,1-2H3. The summed E-state index contributed by atoms with van der Waals surface area (Å²) >= 11 is 8.33. The van der Waals surface area contributed by atoms with E-state index >= 15 is 0 Å². The number of nitrogens with one attached hydrogen (secondary N) is 1. The average Bonchev–Trinajstić information content (AvgIpc) is 2.78. The van der Waals surface area contributed by atoms with Gasteiger partial charge in [-0.05, 0) is 24.3 Å². The van der Waals surface area contributed by atoms with E-state index in [4.69, 9.17) is 11.6 Å². The van der Waals surface area contributed by atoms with E-state index in [-0.39, 0.29) is 0 Å². The van der Waals surface area contributed by atoms with Gasteiger partial charge in [-0.25, -0.2) is 0 Å². The Hall–Kier alpha value is -0.570. The molecule has 0 saturated heterocycles. The van der Waals surface area contributed by atoms with E-state index in [1.807, 2.05) is 11.3 Å². The molecule has 3 atom stereocenters. The van der Waals surface area contributed by atoms with E-state index < -0.39 is 0 Å². The van der Waals surface area contributed by atoms with E-state index in [9.17, 15) is 0 Å². The highest BCUT2D eigenvalue weighted by Crippen LogP contribution is 2.36. The van der Waals surface area contributed by atoms with Crippen LogP contribution < -0.4 is 5.32 Å².